The maximum atomic E-state index is 6.25. The zero-order chi connectivity index (χ0) is 18.1. The molecule has 2 aromatic carbocycles. The Morgan fingerprint density at radius 3 is 2.29 bits per heavy atom. The van der Waals surface area contributed by atoms with E-state index in [1.54, 1.807) is 0 Å². The van der Waals surface area contributed by atoms with E-state index >= 15 is 0 Å². The molecule has 7 heteroatoms. The molecule has 0 saturated carbocycles. The Morgan fingerprint density at radius 2 is 1.61 bits per heavy atom. The predicted octanol–water partition coefficient (Wildman–Crippen LogP) is 5.95. The van der Waals surface area contributed by atoms with Gasteiger partial charge in [-0.05, 0) is 49.7 Å². The van der Waals surface area contributed by atoms with E-state index in [0.717, 1.165) is 44.8 Å². The molecule has 0 radical (unpaired) electrons. The summed E-state index contributed by atoms with van der Waals surface area (Å²) in [5.41, 5.74) is 3.79. The molecule has 3 nitrogen and oxygen atoms in total. The molecule has 0 unspecified atom stereocenters. The van der Waals surface area contributed by atoms with Crippen molar-refractivity contribution in [2.24, 2.45) is 0 Å². The Kier molecular flexibility index (Phi) is 8.60. The molecule has 4 rings (SSSR count). The van der Waals surface area contributed by atoms with Crippen molar-refractivity contribution < 1.29 is 0 Å². The van der Waals surface area contributed by atoms with Crippen LogP contribution < -0.4 is 10.2 Å². The third-order valence-electron chi connectivity index (χ3n) is 5.73. The number of halogens is 4. The van der Waals surface area contributed by atoms with Gasteiger partial charge in [0.15, 0.2) is 0 Å². The molecule has 1 fully saturated rings. The zero-order valence-corrected chi connectivity index (χ0v) is 19.1. The van der Waals surface area contributed by atoms with E-state index in [-0.39, 0.29) is 24.8 Å². The van der Waals surface area contributed by atoms with Gasteiger partial charge in [-0.25, -0.2) is 0 Å². The molecule has 2 atom stereocenters. The highest BCUT2D eigenvalue weighted by molar-refractivity contribution is 6.42. The van der Waals surface area contributed by atoms with Crippen LogP contribution in [0.3, 0.4) is 0 Å². The highest BCUT2D eigenvalue weighted by Crippen LogP contribution is 2.42. The van der Waals surface area contributed by atoms with Gasteiger partial charge in [-0.1, -0.05) is 41.4 Å². The first kappa shape index (κ1) is 23.4. The Morgan fingerprint density at radius 1 is 0.964 bits per heavy atom. The molecule has 0 spiro atoms. The topological polar surface area (TPSA) is 18.5 Å². The predicted molar refractivity (Wildman–Crippen MR) is 126 cm³/mol. The third kappa shape index (κ3) is 5.01. The molecular weight excluding hydrogens is 436 g/mol. The molecule has 2 heterocycles. The van der Waals surface area contributed by atoms with Crippen molar-refractivity contribution >= 4 is 59.4 Å². The number of nitrogens with one attached hydrogen (secondary N) is 1. The second kappa shape index (κ2) is 10.3. The first-order valence-electron chi connectivity index (χ1n) is 9.39. The fourth-order valence-corrected chi connectivity index (χ4v) is 4.54. The molecular formula is C21H27Cl4N3. The van der Waals surface area contributed by atoms with Gasteiger partial charge in [-0.2, -0.15) is 0 Å². The Bertz CT molecular complexity index is 764. The lowest BCUT2D eigenvalue weighted by molar-refractivity contribution is 0.247. The monoisotopic (exact) mass is 461 g/mol. The van der Waals surface area contributed by atoms with Gasteiger partial charge in [0.05, 0.1) is 10.0 Å². The van der Waals surface area contributed by atoms with Crippen molar-refractivity contribution in [2.75, 3.05) is 42.9 Å². The summed E-state index contributed by atoms with van der Waals surface area (Å²) in [7, 11) is 0. The van der Waals surface area contributed by atoms with Crippen LogP contribution in [-0.4, -0.2) is 43.7 Å². The van der Waals surface area contributed by atoms with Crippen LogP contribution in [0.2, 0.25) is 10.0 Å². The first-order valence-corrected chi connectivity index (χ1v) is 10.2. The Balaban J connectivity index is 0.00000140. The lowest BCUT2D eigenvalue weighted by Gasteiger charge is -2.36. The first-order chi connectivity index (χ1) is 12.6. The van der Waals surface area contributed by atoms with Crippen molar-refractivity contribution in [3.63, 3.8) is 0 Å². The minimum Gasteiger partial charge on any atom is -0.382 e. The van der Waals surface area contributed by atoms with E-state index in [0.29, 0.717) is 22.0 Å². The Hall–Kier alpha value is -0.840. The van der Waals surface area contributed by atoms with Crippen LogP contribution in [-0.2, 0) is 0 Å². The summed E-state index contributed by atoms with van der Waals surface area (Å²) in [6.07, 6.45) is 1.14. The molecule has 2 aliphatic rings. The van der Waals surface area contributed by atoms with Gasteiger partial charge in [0, 0.05) is 49.5 Å². The van der Waals surface area contributed by atoms with Crippen LogP contribution in [0.15, 0.2) is 42.5 Å². The maximum absolute atomic E-state index is 6.25. The SMILES string of the molecule is C[C@@H]1Nc2cc(Cl)c(Cl)cc2[C@@H]1CCN1CCN(c2ccccc2)CC1.Cl.Cl. The van der Waals surface area contributed by atoms with Crippen LogP contribution in [0.1, 0.15) is 24.8 Å². The zero-order valence-electron chi connectivity index (χ0n) is 15.9. The molecule has 1 saturated heterocycles. The van der Waals surface area contributed by atoms with Crippen LogP contribution >= 0.6 is 48.0 Å². The fourth-order valence-electron chi connectivity index (χ4n) is 4.20. The number of nitrogens with zero attached hydrogens (tertiary/aromatic N) is 2. The van der Waals surface area contributed by atoms with Crippen molar-refractivity contribution in [1.82, 2.24) is 4.90 Å². The summed E-state index contributed by atoms with van der Waals surface area (Å²) in [5, 5.41) is 4.84. The van der Waals surface area contributed by atoms with Crippen LogP contribution in [0, 0.1) is 0 Å². The van der Waals surface area contributed by atoms with Crippen molar-refractivity contribution in [2.45, 2.75) is 25.3 Å². The van der Waals surface area contributed by atoms with E-state index in [1.165, 1.54) is 11.3 Å². The van der Waals surface area contributed by atoms with Gasteiger partial charge in [-0.3, -0.25) is 4.90 Å². The quantitative estimate of drug-likeness (QED) is 0.605. The minimum atomic E-state index is 0. The normalized spacial score (nSPS) is 21.3. The smallest absolute Gasteiger partial charge is 0.0613 e. The molecule has 0 aliphatic carbocycles. The number of fused-ring (bicyclic) bond motifs is 1. The molecule has 2 aliphatic heterocycles. The molecule has 0 bridgehead atoms. The fraction of sp³-hybridized carbons (Fsp3) is 0.429. The summed E-state index contributed by atoms with van der Waals surface area (Å²) in [4.78, 5) is 5.06. The highest BCUT2D eigenvalue weighted by Gasteiger charge is 2.30. The summed E-state index contributed by atoms with van der Waals surface area (Å²) in [6.45, 7) is 7.81. The largest absolute Gasteiger partial charge is 0.382 e. The van der Waals surface area contributed by atoms with E-state index in [2.05, 4.69) is 52.4 Å². The number of rotatable bonds is 4. The Labute approximate surface area is 190 Å². The average Bonchev–Trinajstić information content (AvgIpc) is 2.96. The van der Waals surface area contributed by atoms with Crippen LogP contribution in [0.4, 0.5) is 11.4 Å². The van der Waals surface area contributed by atoms with Crippen molar-refractivity contribution in [3.05, 3.63) is 58.1 Å². The molecule has 28 heavy (non-hydrogen) atoms. The van der Waals surface area contributed by atoms with E-state index < -0.39 is 0 Å². The van der Waals surface area contributed by atoms with Gasteiger partial charge in [0.2, 0.25) is 0 Å². The van der Waals surface area contributed by atoms with Crippen molar-refractivity contribution in [1.29, 1.82) is 0 Å². The number of benzene rings is 2. The molecule has 0 aromatic heterocycles. The van der Waals surface area contributed by atoms with E-state index in [1.807, 2.05) is 12.1 Å². The van der Waals surface area contributed by atoms with Gasteiger partial charge in [-0.15, -0.1) is 24.8 Å². The van der Waals surface area contributed by atoms with Crippen LogP contribution in [0.5, 0.6) is 0 Å². The molecule has 1 N–H and O–H groups in total. The number of hydrogen-bond acceptors (Lipinski definition) is 3. The molecule has 154 valence electrons. The van der Waals surface area contributed by atoms with Crippen molar-refractivity contribution in [3.8, 4) is 0 Å². The van der Waals surface area contributed by atoms with Gasteiger partial charge in [0.1, 0.15) is 0 Å². The van der Waals surface area contributed by atoms with E-state index in [4.69, 9.17) is 23.2 Å². The van der Waals surface area contributed by atoms with Gasteiger partial charge < -0.3 is 10.2 Å². The summed E-state index contributed by atoms with van der Waals surface area (Å²) < 4.78 is 0. The third-order valence-corrected chi connectivity index (χ3v) is 6.45. The maximum Gasteiger partial charge on any atom is 0.0613 e. The number of hydrogen-bond donors (Lipinski definition) is 1. The number of anilines is 2. The lowest BCUT2D eigenvalue weighted by atomic mass is 9.92. The summed E-state index contributed by atoms with van der Waals surface area (Å²) >= 11 is 12.4. The standard InChI is InChI=1S/C21H25Cl2N3.2ClH/c1-15-17(18-13-19(22)20(23)14-21(18)24-15)7-8-25-9-11-26(12-10-25)16-5-3-2-4-6-16;;/h2-6,13-15,17,24H,7-12H2,1H3;2*1H/t15-,17+;;/m0../s1. The molecule has 2 aromatic rings. The summed E-state index contributed by atoms with van der Waals surface area (Å²) in [6, 6.07) is 15.2. The second-order valence-corrected chi connectivity index (χ2v) is 8.16. The highest BCUT2D eigenvalue weighted by atomic mass is 35.5. The van der Waals surface area contributed by atoms with Crippen LogP contribution in [0.25, 0.3) is 0 Å². The minimum absolute atomic E-state index is 0. The lowest BCUT2D eigenvalue weighted by Crippen LogP contribution is -2.47. The van der Waals surface area contributed by atoms with Gasteiger partial charge in [0.25, 0.3) is 0 Å². The average molecular weight is 463 g/mol. The summed E-state index contributed by atoms with van der Waals surface area (Å²) in [5.74, 6) is 0.493. The number of piperazine rings is 1. The molecule has 0 amide bonds. The van der Waals surface area contributed by atoms with Gasteiger partial charge >= 0.3 is 0 Å². The second-order valence-electron chi connectivity index (χ2n) is 7.35. The van der Waals surface area contributed by atoms with E-state index in [9.17, 15) is 0 Å². The number of para-hydroxylation sites is 1.